The van der Waals surface area contributed by atoms with E-state index in [0.717, 1.165) is 11.6 Å². The summed E-state index contributed by atoms with van der Waals surface area (Å²) >= 11 is 7.25. The van der Waals surface area contributed by atoms with Gasteiger partial charge in [-0.1, -0.05) is 11.6 Å². The van der Waals surface area contributed by atoms with Gasteiger partial charge in [-0.3, -0.25) is 0 Å². The van der Waals surface area contributed by atoms with E-state index in [4.69, 9.17) is 52.2 Å². The molecule has 5 N–H and O–H groups in total. The van der Waals surface area contributed by atoms with Crippen LogP contribution in [0.4, 0.5) is 4.39 Å². The molecule has 1 heterocycles. The van der Waals surface area contributed by atoms with E-state index < -0.39 is 29.9 Å². The van der Waals surface area contributed by atoms with E-state index in [0.29, 0.717) is 6.42 Å². The standard InChI is InChI=1S/C15H14ClFN2O2S.C2H2O4/c16-12-5-15(10(6-18)3-13(12)17)21-14(4-11(19)7-20)9-1-2-22-8-9;3-1(4)2(5)6/h1-3,5,8,11,14,20H,4,7,19H2;(H,3,4)(H,5,6)/t11-,14+;/m0./s1. The maximum absolute atomic E-state index is 13.4. The molecule has 150 valence electrons. The number of aliphatic hydroxyl groups is 1. The highest BCUT2D eigenvalue weighted by molar-refractivity contribution is 7.07. The van der Waals surface area contributed by atoms with Crippen molar-refractivity contribution in [3.63, 3.8) is 0 Å². The molecule has 0 fully saturated rings. The fourth-order valence-electron chi connectivity index (χ4n) is 1.93. The predicted molar refractivity (Wildman–Crippen MR) is 98.8 cm³/mol. The second kappa shape index (κ2) is 11.2. The van der Waals surface area contributed by atoms with Gasteiger partial charge in [0.15, 0.2) is 0 Å². The van der Waals surface area contributed by atoms with Gasteiger partial charge < -0.3 is 25.8 Å². The van der Waals surface area contributed by atoms with Gasteiger partial charge in [0.1, 0.15) is 23.7 Å². The number of aliphatic hydroxyl groups excluding tert-OH is 1. The molecule has 0 radical (unpaired) electrons. The zero-order valence-electron chi connectivity index (χ0n) is 14.2. The van der Waals surface area contributed by atoms with Crippen LogP contribution in [0.2, 0.25) is 5.02 Å². The van der Waals surface area contributed by atoms with Crippen LogP contribution in [-0.4, -0.2) is 39.9 Å². The number of nitrogens with zero attached hydrogens (tertiary/aromatic N) is 1. The van der Waals surface area contributed by atoms with E-state index in [-0.39, 0.29) is 22.9 Å². The highest BCUT2D eigenvalue weighted by Crippen LogP contribution is 2.32. The molecule has 2 atom stereocenters. The predicted octanol–water partition coefficient (Wildman–Crippen LogP) is 2.40. The lowest BCUT2D eigenvalue weighted by atomic mass is 10.1. The van der Waals surface area contributed by atoms with Gasteiger partial charge in [-0.2, -0.15) is 16.6 Å². The first kappa shape index (κ1) is 23.3. The summed E-state index contributed by atoms with van der Waals surface area (Å²) in [4.78, 5) is 18.2. The first-order valence-electron chi connectivity index (χ1n) is 7.60. The van der Waals surface area contributed by atoms with Crippen LogP contribution < -0.4 is 10.5 Å². The van der Waals surface area contributed by atoms with Gasteiger partial charge in [-0.05, 0) is 22.9 Å². The molecular weight excluding hydrogens is 415 g/mol. The van der Waals surface area contributed by atoms with Gasteiger partial charge in [0.25, 0.3) is 0 Å². The summed E-state index contributed by atoms with van der Waals surface area (Å²) in [5.41, 5.74) is 6.71. The number of rotatable bonds is 6. The number of carboxylic acids is 2. The Kier molecular flexibility index (Phi) is 9.34. The molecule has 2 aromatic rings. The first-order valence-corrected chi connectivity index (χ1v) is 8.92. The lowest BCUT2D eigenvalue weighted by Gasteiger charge is -2.22. The molecule has 0 saturated carbocycles. The van der Waals surface area contributed by atoms with Crippen molar-refractivity contribution in [2.45, 2.75) is 18.6 Å². The summed E-state index contributed by atoms with van der Waals surface area (Å²) < 4.78 is 19.3. The van der Waals surface area contributed by atoms with E-state index in [1.807, 2.05) is 22.9 Å². The SMILES string of the molecule is N#Cc1cc(F)c(Cl)cc1O[C@H](C[C@H](N)CO)c1ccsc1.O=C(O)C(=O)O. The number of carboxylic acid groups (broad SMARTS) is 2. The zero-order valence-corrected chi connectivity index (χ0v) is 15.8. The van der Waals surface area contributed by atoms with E-state index in [2.05, 4.69) is 0 Å². The molecule has 1 aromatic carbocycles. The largest absolute Gasteiger partial charge is 0.484 e. The van der Waals surface area contributed by atoms with E-state index >= 15 is 0 Å². The van der Waals surface area contributed by atoms with Crippen LogP contribution in [-0.2, 0) is 9.59 Å². The van der Waals surface area contributed by atoms with Crippen LogP contribution in [0.5, 0.6) is 5.75 Å². The third kappa shape index (κ3) is 7.13. The van der Waals surface area contributed by atoms with Crippen molar-refractivity contribution in [2.24, 2.45) is 5.73 Å². The first-order chi connectivity index (χ1) is 13.2. The smallest absolute Gasteiger partial charge is 0.414 e. The molecule has 0 aliphatic rings. The summed E-state index contributed by atoms with van der Waals surface area (Å²) in [6, 6.07) is 5.60. The van der Waals surface area contributed by atoms with Crippen molar-refractivity contribution >= 4 is 34.9 Å². The van der Waals surface area contributed by atoms with E-state index in [1.54, 1.807) is 0 Å². The van der Waals surface area contributed by atoms with Crippen LogP contribution in [0.15, 0.2) is 29.0 Å². The van der Waals surface area contributed by atoms with Crippen molar-refractivity contribution in [1.29, 1.82) is 5.26 Å². The highest BCUT2D eigenvalue weighted by Gasteiger charge is 2.20. The molecular formula is C17H16ClFN2O6S. The Hall–Kier alpha value is -2.71. The van der Waals surface area contributed by atoms with Crippen molar-refractivity contribution in [2.75, 3.05) is 6.61 Å². The van der Waals surface area contributed by atoms with E-state index in [9.17, 15) is 4.39 Å². The number of aliphatic carboxylic acids is 2. The lowest BCUT2D eigenvalue weighted by Crippen LogP contribution is -2.28. The number of nitriles is 1. The third-order valence-corrected chi connectivity index (χ3v) is 4.25. The van der Waals surface area contributed by atoms with Gasteiger partial charge in [0.2, 0.25) is 0 Å². The van der Waals surface area contributed by atoms with Crippen LogP contribution in [0, 0.1) is 17.1 Å². The number of benzene rings is 1. The zero-order chi connectivity index (χ0) is 21.3. The summed E-state index contributed by atoms with van der Waals surface area (Å²) in [6.07, 6.45) is -0.102. The minimum atomic E-state index is -1.82. The van der Waals surface area contributed by atoms with Crippen molar-refractivity contribution in [3.8, 4) is 11.8 Å². The molecule has 11 heteroatoms. The molecule has 0 aliphatic carbocycles. The third-order valence-electron chi connectivity index (χ3n) is 3.26. The molecule has 1 aromatic heterocycles. The minimum absolute atomic E-state index is 0.0553. The molecule has 0 aliphatic heterocycles. The molecule has 8 nitrogen and oxygen atoms in total. The van der Waals surface area contributed by atoms with Crippen molar-refractivity contribution in [3.05, 3.63) is 50.9 Å². The number of hydrogen-bond acceptors (Lipinski definition) is 7. The second-order valence-corrected chi connectivity index (χ2v) is 6.51. The van der Waals surface area contributed by atoms with Crippen molar-refractivity contribution < 1.29 is 34.0 Å². The average Bonchev–Trinajstić information content (AvgIpc) is 3.18. The van der Waals surface area contributed by atoms with Crippen LogP contribution in [0.1, 0.15) is 23.7 Å². The van der Waals surface area contributed by atoms with E-state index in [1.165, 1.54) is 17.4 Å². The van der Waals surface area contributed by atoms with Crippen LogP contribution in [0.3, 0.4) is 0 Å². The summed E-state index contributed by atoms with van der Waals surface area (Å²) in [7, 11) is 0. The Labute approximate surface area is 168 Å². The maximum Gasteiger partial charge on any atom is 0.414 e. The molecule has 0 unspecified atom stereocenters. The lowest BCUT2D eigenvalue weighted by molar-refractivity contribution is -0.159. The van der Waals surface area contributed by atoms with Gasteiger partial charge in [0.05, 0.1) is 17.2 Å². The number of thiophene rings is 1. The molecule has 0 spiro atoms. The maximum atomic E-state index is 13.4. The fourth-order valence-corrected chi connectivity index (χ4v) is 2.78. The molecule has 0 bridgehead atoms. The normalized spacial score (nSPS) is 12.1. The van der Waals surface area contributed by atoms with Gasteiger partial charge in [-0.25, -0.2) is 14.0 Å². The molecule has 0 saturated heterocycles. The molecule has 28 heavy (non-hydrogen) atoms. The summed E-state index contributed by atoms with van der Waals surface area (Å²) in [5.74, 6) is -4.13. The number of ether oxygens (including phenoxy) is 1. The average molecular weight is 431 g/mol. The molecule has 0 amide bonds. The van der Waals surface area contributed by atoms with Crippen LogP contribution in [0.25, 0.3) is 0 Å². The Bertz CT molecular complexity index is 844. The highest BCUT2D eigenvalue weighted by atomic mass is 35.5. The number of hydrogen-bond donors (Lipinski definition) is 4. The Morgan fingerprint density at radius 3 is 2.46 bits per heavy atom. The fraction of sp³-hybridized carbons (Fsp3) is 0.235. The number of nitrogens with two attached hydrogens (primary N) is 1. The monoisotopic (exact) mass is 430 g/mol. The van der Waals surface area contributed by atoms with Gasteiger partial charge in [-0.15, -0.1) is 0 Å². The topological polar surface area (TPSA) is 154 Å². The van der Waals surface area contributed by atoms with Gasteiger partial charge >= 0.3 is 11.9 Å². The quantitative estimate of drug-likeness (QED) is 0.509. The summed E-state index contributed by atoms with van der Waals surface area (Å²) in [5, 5.41) is 36.7. The van der Waals surface area contributed by atoms with Crippen molar-refractivity contribution in [1.82, 2.24) is 0 Å². The Morgan fingerprint density at radius 2 is 2.00 bits per heavy atom. The Morgan fingerprint density at radius 1 is 1.36 bits per heavy atom. The van der Waals surface area contributed by atoms with Crippen LogP contribution >= 0.6 is 22.9 Å². The number of halogens is 2. The second-order valence-electron chi connectivity index (χ2n) is 5.33. The minimum Gasteiger partial charge on any atom is -0.484 e. The molecule has 2 rings (SSSR count). The summed E-state index contributed by atoms with van der Waals surface area (Å²) in [6.45, 7) is -0.181. The van der Waals surface area contributed by atoms with Gasteiger partial charge in [0, 0.05) is 24.1 Å². The number of carbonyl (C=O) groups is 2. The Balaban J connectivity index is 0.000000568.